The van der Waals surface area contributed by atoms with Crippen molar-refractivity contribution in [3.05, 3.63) is 0 Å². The number of aliphatic hydroxyl groups is 2. The zero-order valence-corrected chi connectivity index (χ0v) is 5.86. The number of hydrogen-bond acceptors (Lipinski definition) is 4. The van der Waals surface area contributed by atoms with Gasteiger partial charge in [0.15, 0.2) is 6.29 Å². The molecular formula is C6H12O4. The average Bonchev–Trinajstić information content (AvgIpc) is 1.95. The fraction of sp³-hybridized carbons (Fsp3) is 1.00. The predicted molar refractivity (Wildman–Crippen MR) is 33.4 cm³/mol. The third-order valence-electron chi connectivity index (χ3n) is 1.67. The van der Waals surface area contributed by atoms with E-state index >= 15 is 0 Å². The normalized spacial score (nSPS) is 41.7. The van der Waals surface area contributed by atoms with Crippen LogP contribution in [0.15, 0.2) is 0 Å². The van der Waals surface area contributed by atoms with E-state index in [9.17, 15) is 0 Å². The quantitative estimate of drug-likeness (QED) is 0.506. The molecule has 0 bridgehead atoms. The lowest BCUT2D eigenvalue weighted by Gasteiger charge is -2.30. The van der Waals surface area contributed by atoms with Crippen LogP contribution in [0.2, 0.25) is 0 Å². The second kappa shape index (κ2) is 3.30. The molecule has 2 N–H and O–H groups in total. The van der Waals surface area contributed by atoms with E-state index in [4.69, 9.17) is 19.7 Å². The molecule has 1 rings (SSSR count). The fourth-order valence-corrected chi connectivity index (χ4v) is 1.02. The summed E-state index contributed by atoms with van der Waals surface area (Å²) in [6, 6.07) is 0. The second-order valence-corrected chi connectivity index (χ2v) is 2.31. The van der Waals surface area contributed by atoms with Crippen LogP contribution in [0.25, 0.3) is 0 Å². The van der Waals surface area contributed by atoms with Crippen LogP contribution in [0.5, 0.6) is 0 Å². The Hall–Kier alpha value is -0.160. The molecule has 10 heavy (non-hydrogen) atoms. The maximum Gasteiger partial charge on any atom is 0.183 e. The van der Waals surface area contributed by atoms with Crippen LogP contribution < -0.4 is 0 Å². The van der Waals surface area contributed by atoms with Gasteiger partial charge in [0.2, 0.25) is 0 Å². The van der Waals surface area contributed by atoms with Crippen molar-refractivity contribution in [2.75, 3.05) is 13.7 Å². The molecule has 4 heteroatoms. The summed E-state index contributed by atoms with van der Waals surface area (Å²) in [6.07, 6.45) is -1.64. The monoisotopic (exact) mass is 148 g/mol. The second-order valence-electron chi connectivity index (χ2n) is 2.31. The molecule has 0 aromatic rings. The molecule has 0 aromatic carbocycles. The third kappa shape index (κ3) is 1.46. The summed E-state index contributed by atoms with van der Waals surface area (Å²) in [6.45, 7) is 0.441. The molecule has 0 amide bonds. The highest BCUT2D eigenvalue weighted by molar-refractivity contribution is 4.75. The molecule has 4 nitrogen and oxygen atoms in total. The van der Waals surface area contributed by atoms with Crippen molar-refractivity contribution in [2.45, 2.75) is 24.9 Å². The molecule has 1 aliphatic heterocycles. The van der Waals surface area contributed by atoms with Gasteiger partial charge >= 0.3 is 0 Å². The molecule has 3 atom stereocenters. The number of ether oxygens (including phenoxy) is 2. The Morgan fingerprint density at radius 2 is 2.20 bits per heavy atom. The SMILES string of the molecule is COC1CCO[C@@H](O)[C@@H]1O. The highest BCUT2D eigenvalue weighted by Crippen LogP contribution is 2.14. The summed E-state index contributed by atoms with van der Waals surface area (Å²) in [5, 5.41) is 18.1. The Labute approximate surface area is 59.4 Å². The van der Waals surface area contributed by atoms with E-state index in [-0.39, 0.29) is 6.10 Å². The van der Waals surface area contributed by atoms with Crippen LogP contribution in [0.1, 0.15) is 6.42 Å². The molecule has 1 heterocycles. The number of rotatable bonds is 1. The van der Waals surface area contributed by atoms with Crippen molar-refractivity contribution in [3.63, 3.8) is 0 Å². The fourth-order valence-electron chi connectivity index (χ4n) is 1.02. The Morgan fingerprint density at radius 3 is 2.70 bits per heavy atom. The van der Waals surface area contributed by atoms with Crippen LogP contribution in [0.3, 0.4) is 0 Å². The van der Waals surface area contributed by atoms with Crippen molar-refractivity contribution in [2.24, 2.45) is 0 Å². The molecule has 1 fully saturated rings. The maximum absolute atomic E-state index is 9.14. The smallest absolute Gasteiger partial charge is 0.183 e. The summed E-state index contributed by atoms with van der Waals surface area (Å²) >= 11 is 0. The Kier molecular flexibility index (Phi) is 2.62. The summed E-state index contributed by atoms with van der Waals surface area (Å²) in [7, 11) is 1.51. The first-order valence-electron chi connectivity index (χ1n) is 3.26. The van der Waals surface area contributed by atoms with E-state index in [1.807, 2.05) is 0 Å². The van der Waals surface area contributed by atoms with Gasteiger partial charge in [0, 0.05) is 7.11 Å². The van der Waals surface area contributed by atoms with Crippen LogP contribution in [0, 0.1) is 0 Å². The third-order valence-corrected chi connectivity index (χ3v) is 1.67. The lowest BCUT2D eigenvalue weighted by Crippen LogP contribution is -2.45. The van der Waals surface area contributed by atoms with E-state index in [1.54, 1.807) is 0 Å². The molecule has 0 aliphatic carbocycles. The van der Waals surface area contributed by atoms with E-state index < -0.39 is 12.4 Å². The highest BCUT2D eigenvalue weighted by atomic mass is 16.6. The van der Waals surface area contributed by atoms with Gasteiger partial charge in [-0.3, -0.25) is 0 Å². The molecule has 0 spiro atoms. The molecule has 0 radical (unpaired) electrons. The van der Waals surface area contributed by atoms with Gasteiger partial charge in [-0.05, 0) is 6.42 Å². The summed E-state index contributed by atoms with van der Waals surface area (Å²) in [4.78, 5) is 0. The molecule has 1 saturated heterocycles. The van der Waals surface area contributed by atoms with E-state index in [1.165, 1.54) is 7.11 Å². The Bertz CT molecular complexity index is 106. The van der Waals surface area contributed by atoms with Crippen molar-refractivity contribution < 1.29 is 19.7 Å². The largest absolute Gasteiger partial charge is 0.385 e. The standard InChI is InChI=1S/C6H12O4/c1-9-4-2-3-10-6(8)5(4)7/h4-8H,2-3H2,1H3/t4?,5-,6-/m1/s1. The summed E-state index contributed by atoms with van der Waals surface area (Å²) in [5.41, 5.74) is 0. The van der Waals surface area contributed by atoms with Crippen molar-refractivity contribution in [1.82, 2.24) is 0 Å². The molecule has 1 aliphatic rings. The van der Waals surface area contributed by atoms with E-state index in [0.29, 0.717) is 13.0 Å². The van der Waals surface area contributed by atoms with Gasteiger partial charge < -0.3 is 19.7 Å². The maximum atomic E-state index is 9.14. The minimum atomic E-state index is -1.08. The van der Waals surface area contributed by atoms with Crippen LogP contribution in [0.4, 0.5) is 0 Å². The van der Waals surface area contributed by atoms with Gasteiger partial charge in [-0.1, -0.05) is 0 Å². The topological polar surface area (TPSA) is 58.9 Å². The number of aliphatic hydroxyl groups excluding tert-OH is 2. The zero-order valence-electron chi connectivity index (χ0n) is 5.86. The van der Waals surface area contributed by atoms with Crippen LogP contribution in [-0.2, 0) is 9.47 Å². The number of methoxy groups -OCH3 is 1. The molecule has 1 unspecified atom stereocenters. The van der Waals surface area contributed by atoms with Crippen molar-refractivity contribution >= 4 is 0 Å². The summed E-state index contributed by atoms with van der Waals surface area (Å²) < 4.78 is 9.63. The van der Waals surface area contributed by atoms with Crippen molar-refractivity contribution in [3.8, 4) is 0 Å². The summed E-state index contributed by atoms with van der Waals surface area (Å²) in [5.74, 6) is 0. The zero-order chi connectivity index (χ0) is 7.56. The van der Waals surface area contributed by atoms with E-state index in [2.05, 4.69) is 0 Å². The Balaban J connectivity index is 2.42. The highest BCUT2D eigenvalue weighted by Gasteiger charge is 2.30. The first-order chi connectivity index (χ1) is 4.75. The first kappa shape index (κ1) is 7.94. The van der Waals surface area contributed by atoms with Gasteiger partial charge in [-0.25, -0.2) is 0 Å². The van der Waals surface area contributed by atoms with Gasteiger partial charge in [0.1, 0.15) is 6.10 Å². The van der Waals surface area contributed by atoms with Crippen molar-refractivity contribution in [1.29, 1.82) is 0 Å². The molecule has 0 aromatic heterocycles. The van der Waals surface area contributed by atoms with Gasteiger partial charge in [0.25, 0.3) is 0 Å². The Morgan fingerprint density at radius 1 is 1.50 bits per heavy atom. The lowest BCUT2D eigenvalue weighted by molar-refractivity contribution is -0.224. The minimum absolute atomic E-state index is 0.288. The first-order valence-corrected chi connectivity index (χ1v) is 3.26. The lowest BCUT2D eigenvalue weighted by atomic mass is 10.1. The van der Waals surface area contributed by atoms with Gasteiger partial charge in [-0.15, -0.1) is 0 Å². The molecular weight excluding hydrogens is 136 g/mol. The average molecular weight is 148 g/mol. The van der Waals surface area contributed by atoms with Crippen LogP contribution in [-0.4, -0.2) is 42.4 Å². The molecule has 0 saturated carbocycles. The van der Waals surface area contributed by atoms with Gasteiger partial charge in [0.05, 0.1) is 12.7 Å². The van der Waals surface area contributed by atoms with Crippen LogP contribution >= 0.6 is 0 Å². The van der Waals surface area contributed by atoms with Gasteiger partial charge in [-0.2, -0.15) is 0 Å². The predicted octanol–water partition coefficient (Wildman–Crippen LogP) is -0.899. The van der Waals surface area contributed by atoms with E-state index in [0.717, 1.165) is 0 Å². The molecule has 60 valence electrons. The number of hydrogen-bond donors (Lipinski definition) is 2. The minimum Gasteiger partial charge on any atom is -0.385 e.